The van der Waals surface area contributed by atoms with Crippen LogP contribution >= 0.6 is 0 Å². The molecule has 0 saturated carbocycles. The number of rotatable bonds is 6. The third-order valence-electron chi connectivity index (χ3n) is 3.97. The number of benzene rings is 2. The Kier molecular flexibility index (Phi) is 5.46. The molecule has 3 rings (SSSR count). The Hall–Kier alpha value is -2.37. The van der Waals surface area contributed by atoms with Gasteiger partial charge in [0.15, 0.2) is 0 Å². The summed E-state index contributed by atoms with van der Waals surface area (Å²) < 4.78 is 11.1. The lowest BCUT2D eigenvalue weighted by Gasteiger charge is -2.18. The van der Waals surface area contributed by atoms with E-state index >= 15 is 0 Å². The predicted molar refractivity (Wildman–Crippen MR) is 92.8 cm³/mol. The highest BCUT2D eigenvalue weighted by Crippen LogP contribution is 2.23. The van der Waals surface area contributed by atoms with E-state index in [1.807, 2.05) is 55.5 Å². The number of nitrogens with one attached hydrogen (secondary N) is 2. The lowest BCUT2D eigenvalue weighted by molar-refractivity contribution is 0.0643. The Morgan fingerprint density at radius 1 is 1.17 bits per heavy atom. The number of hydrogen-bond donors (Lipinski definition) is 2. The maximum absolute atomic E-state index is 12.1. The molecular formula is C19H22N2O3. The van der Waals surface area contributed by atoms with Gasteiger partial charge in [0.1, 0.15) is 0 Å². The summed E-state index contributed by atoms with van der Waals surface area (Å²) in [6, 6.07) is 15.5. The van der Waals surface area contributed by atoms with Gasteiger partial charge in [-0.1, -0.05) is 36.4 Å². The van der Waals surface area contributed by atoms with Gasteiger partial charge in [-0.05, 0) is 35.7 Å². The van der Waals surface area contributed by atoms with E-state index in [1.165, 1.54) is 5.56 Å². The Morgan fingerprint density at radius 3 is 2.75 bits per heavy atom. The summed E-state index contributed by atoms with van der Waals surface area (Å²) in [7, 11) is 0. The van der Waals surface area contributed by atoms with Gasteiger partial charge in [0.2, 0.25) is 0 Å². The smallest absolute Gasteiger partial charge is 0.319 e. The Bertz CT molecular complexity index is 688. The van der Waals surface area contributed by atoms with Gasteiger partial charge in [-0.15, -0.1) is 0 Å². The quantitative estimate of drug-likeness (QED) is 0.852. The normalized spacial score (nSPS) is 14.0. The van der Waals surface area contributed by atoms with Crippen molar-refractivity contribution in [3.05, 3.63) is 65.2 Å². The van der Waals surface area contributed by atoms with Crippen LogP contribution in [0.2, 0.25) is 0 Å². The molecule has 2 aromatic carbocycles. The van der Waals surface area contributed by atoms with Gasteiger partial charge in [0.25, 0.3) is 0 Å². The molecule has 2 aromatic rings. The highest BCUT2D eigenvalue weighted by atomic mass is 16.5. The fraction of sp³-hybridized carbons (Fsp3) is 0.316. The number of amides is 2. The van der Waals surface area contributed by atoms with E-state index in [0.29, 0.717) is 26.4 Å². The van der Waals surface area contributed by atoms with E-state index in [9.17, 15) is 4.79 Å². The summed E-state index contributed by atoms with van der Waals surface area (Å²) in [4.78, 5) is 12.1. The SMILES string of the molecule is CCOC(CNC(=O)Nc1ccc2c(c1)COC2)c1ccccc1. The largest absolute Gasteiger partial charge is 0.372 e. The van der Waals surface area contributed by atoms with Crippen LogP contribution in [0, 0.1) is 0 Å². The number of hydrogen-bond acceptors (Lipinski definition) is 3. The molecule has 1 atom stereocenters. The molecule has 5 heteroatoms. The molecule has 24 heavy (non-hydrogen) atoms. The second kappa shape index (κ2) is 7.95. The zero-order valence-electron chi connectivity index (χ0n) is 13.7. The van der Waals surface area contributed by atoms with Crippen LogP contribution in [0.3, 0.4) is 0 Å². The van der Waals surface area contributed by atoms with Crippen molar-refractivity contribution in [3.63, 3.8) is 0 Å². The molecule has 2 amide bonds. The molecule has 0 bridgehead atoms. The molecule has 0 radical (unpaired) electrons. The first-order chi connectivity index (χ1) is 11.8. The van der Waals surface area contributed by atoms with Gasteiger partial charge < -0.3 is 20.1 Å². The standard InChI is InChI=1S/C19H22N2O3/c1-2-24-18(14-6-4-3-5-7-14)11-20-19(22)21-17-9-8-15-12-23-13-16(15)10-17/h3-10,18H,2,11-13H2,1H3,(H2,20,21,22). The van der Waals surface area contributed by atoms with E-state index in [0.717, 1.165) is 16.8 Å². The molecule has 0 saturated heterocycles. The number of carbonyl (C=O) groups is 1. The molecule has 0 spiro atoms. The number of fused-ring (bicyclic) bond motifs is 1. The maximum Gasteiger partial charge on any atom is 0.319 e. The molecule has 0 fully saturated rings. The van der Waals surface area contributed by atoms with Crippen molar-refractivity contribution in [3.8, 4) is 0 Å². The summed E-state index contributed by atoms with van der Waals surface area (Å²) in [6.07, 6.45) is -0.157. The minimum Gasteiger partial charge on any atom is -0.372 e. The molecular weight excluding hydrogens is 304 g/mol. The second-order valence-corrected chi connectivity index (χ2v) is 5.67. The monoisotopic (exact) mass is 326 g/mol. The summed E-state index contributed by atoms with van der Waals surface area (Å²) in [5, 5.41) is 5.74. The van der Waals surface area contributed by atoms with Crippen LogP contribution < -0.4 is 10.6 Å². The van der Waals surface area contributed by atoms with Gasteiger partial charge in [-0.2, -0.15) is 0 Å². The van der Waals surface area contributed by atoms with Crippen molar-refractivity contribution in [2.45, 2.75) is 26.2 Å². The van der Waals surface area contributed by atoms with Crippen LogP contribution in [0.4, 0.5) is 10.5 Å². The molecule has 2 N–H and O–H groups in total. The summed E-state index contributed by atoms with van der Waals surface area (Å²) in [5.41, 5.74) is 4.13. The minimum absolute atomic E-state index is 0.157. The third kappa shape index (κ3) is 4.13. The average Bonchev–Trinajstić information content (AvgIpc) is 3.07. The molecule has 1 aliphatic heterocycles. The zero-order valence-corrected chi connectivity index (χ0v) is 13.7. The zero-order chi connectivity index (χ0) is 16.8. The first kappa shape index (κ1) is 16.5. The van der Waals surface area contributed by atoms with Gasteiger partial charge >= 0.3 is 6.03 Å². The molecule has 0 aromatic heterocycles. The fourth-order valence-electron chi connectivity index (χ4n) is 2.75. The molecule has 1 unspecified atom stereocenters. The molecule has 1 heterocycles. The lowest BCUT2D eigenvalue weighted by Crippen LogP contribution is -2.33. The highest BCUT2D eigenvalue weighted by Gasteiger charge is 2.14. The van der Waals surface area contributed by atoms with E-state index in [-0.39, 0.29) is 12.1 Å². The summed E-state index contributed by atoms with van der Waals surface area (Å²) in [5.74, 6) is 0. The fourth-order valence-corrected chi connectivity index (χ4v) is 2.75. The molecule has 5 nitrogen and oxygen atoms in total. The van der Waals surface area contributed by atoms with Gasteiger partial charge in [-0.3, -0.25) is 0 Å². The number of urea groups is 1. The van der Waals surface area contributed by atoms with E-state index < -0.39 is 0 Å². The van der Waals surface area contributed by atoms with E-state index in [4.69, 9.17) is 9.47 Å². The Balaban J connectivity index is 1.56. The van der Waals surface area contributed by atoms with Crippen molar-refractivity contribution >= 4 is 11.7 Å². The number of carbonyl (C=O) groups excluding carboxylic acids is 1. The minimum atomic E-state index is -0.241. The van der Waals surface area contributed by atoms with Gasteiger partial charge in [-0.25, -0.2) is 4.79 Å². The van der Waals surface area contributed by atoms with Crippen LogP contribution in [0.1, 0.15) is 29.7 Å². The van der Waals surface area contributed by atoms with Crippen LogP contribution in [0.15, 0.2) is 48.5 Å². The van der Waals surface area contributed by atoms with Gasteiger partial charge in [0, 0.05) is 18.8 Å². The first-order valence-corrected chi connectivity index (χ1v) is 8.17. The highest BCUT2D eigenvalue weighted by molar-refractivity contribution is 5.89. The van der Waals surface area contributed by atoms with E-state index in [1.54, 1.807) is 0 Å². The molecule has 1 aliphatic rings. The van der Waals surface area contributed by atoms with E-state index in [2.05, 4.69) is 10.6 Å². The first-order valence-electron chi connectivity index (χ1n) is 8.17. The molecule has 0 aliphatic carbocycles. The Labute approximate surface area is 142 Å². The Morgan fingerprint density at radius 2 is 1.96 bits per heavy atom. The van der Waals surface area contributed by atoms with Crippen molar-refractivity contribution in [2.75, 3.05) is 18.5 Å². The third-order valence-corrected chi connectivity index (χ3v) is 3.97. The van der Waals surface area contributed by atoms with Crippen LogP contribution in [0.25, 0.3) is 0 Å². The van der Waals surface area contributed by atoms with Crippen molar-refractivity contribution in [2.24, 2.45) is 0 Å². The van der Waals surface area contributed by atoms with Gasteiger partial charge in [0.05, 0.1) is 19.3 Å². The predicted octanol–water partition coefficient (Wildman–Crippen LogP) is 3.62. The van der Waals surface area contributed by atoms with Crippen molar-refractivity contribution in [1.82, 2.24) is 5.32 Å². The second-order valence-electron chi connectivity index (χ2n) is 5.67. The van der Waals surface area contributed by atoms with Crippen LogP contribution in [-0.4, -0.2) is 19.2 Å². The molecule has 126 valence electrons. The number of ether oxygens (including phenoxy) is 2. The van der Waals surface area contributed by atoms with Crippen molar-refractivity contribution < 1.29 is 14.3 Å². The van der Waals surface area contributed by atoms with Crippen LogP contribution in [-0.2, 0) is 22.7 Å². The maximum atomic E-state index is 12.1. The number of anilines is 1. The summed E-state index contributed by atoms with van der Waals surface area (Å²) >= 11 is 0. The van der Waals surface area contributed by atoms with Crippen molar-refractivity contribution in [1.29, 1.82) is 0 Å². The topological polar surface area (TPSA) is 59.6 Å². The van der Waals surface area contributed by atoms with Crippen LogP contribution in [0.5, 0.6) is 0 Å². The lowest BCUT2D eigenvalue weighted by atomic mass is 10.1. The summed E-state index contributed by atoms with van der Waals surface area (Å²) in [6.45, 7) is 4.20. The average molecular weight is 326 g/mol.